The Hall–Kier alpha value is -2.56. The van der Waals surface area contributed by atoms with Crippen LogP contribution in [-0.4, -0.2) is 33.3 Å². The lowest BCUT2D eigenvalue weighted by atomic mass is 10.2. The van der Waals surface area contributed by atoms with Crippen molar-refractivity contribution in [1.82, 2.24) is 0 Å². The average Bonchev–Trinajstić information content (AvgIpc) is 2.54. The molecule has 0 aromatic heterocycles. The highest BCUT2D eigenvalue weighted by molar-refractivity contribution is 5.89. The third kappa shape index (κ3) is 3.97. The molecule has 0 unspecified atom stereocenters. The van der Waals surface area contributed by atoms with Crippen LogP contribution in [0.1, 0.15) is 10.4 Å². The molecular formula is C17H18FNO3. The number of hydrogen-bond acceptors (Lipinski definition) is 4. The minimum absolute atomic E-state index is 0.266. The van der Waals surface area contributed by atoms with Gasteiger partial charge in [-0.1, -0.05) is 18.2 Å². The van der Waals surface area contributed by atoms with E-state index in [0.717, 1.165) is 0 Å². The number of benzene rings is 2. The van der Waals surface area contributed by atoms with Crippen LogP contribution in [0, 0.1) is 5.82 Å². The molecule has 0 N–H and O–H groups in total. The number of para-hydroxylation sites is 1. The first kappa shape index (κ1) is 15.8. The lowest BCUT2D eigenvalue weighted by Gasteiger charge is -2.20. The number of esters is 1. The fraction of sp³-hybridized carbons (Fsp3) is 0.235. The minimum atomic E-state index is -0.408. The Labute approximate surface area is 129 Å². The number of nitrogens with zero attached hydrogens (tertiary/aromatic N) is 1. The van der Waals surface area contributed by atoms with Crippen molar-refractivity contribution in [3.63, 3.8) is 0 Å². The van der Waals surface area contributed by atoms with Crippen LogP contribution in [0.15, 0.2) is 48.5 Å². The summed E-state index contributed by atoms with van der Waals surface area (Å²) in [7, 11) is 3.13. The zero-order chi connectivity index (χ0) is 15.9. The number of likely N-dealkylation sites (N-methyl/N-ethyl adjacent to an activating group) is 1. The summed E-state index contributed by atoms with van der Waals surface area (Å²) in [5, 5.41) is 0. The van der Waals surface area contributed by atoms with Gasteiger partial charge in [0.2, 0.25) is 0 Å². The Morgan fingerprint density at radius 1 is 1.18 bits per heavy atom. The van der Waals surface area contributed by atoms with Gasteiger partial charge in [-0.3, -0.25) is 0 Å². The first-order chi connectivity index (χ1) is 10.6. The van der Waals surface area contributed by atoms with Gasteiger partial charge in [0.1, 0.15) is 18.2 Å². The molecule has 0 amide bonds. The first-order valence-corrected chi connectivity index (χ1v) is 6.88. The van der Waals surface area contributed by atoms with E-state index in [1.807, 2.05) is 0 Å². The van der Waals surface area contributed by atoms with E-state index in [9.17, 15) is 9.18 Å². The van der Waals surface area contributed by atoms with Crippen LogP contribution in [0.2, 0.25) is 0 Å². The van der Waals surface area contributed by atoms with Gasteiger partial charge in [0.05, 0.1) is 24.9 Å². The highest BCUT2D eigenvalue weighted by Crippen LogP contribution is 2.17. The van der Waals surface area contributed by atoms with Crippen molar-refractivity contribution in [2.24, 2.45) is 0 Å². The smallest absolute Gasteiger partial charge is 0.337 e. The summed E-state index contributed by atoms with van der Waals surface area (Å²) in [6, 6.07) is 13.3. The van der Waals surface area contributed by atoms with Crippen LogP contribution in [-0.2, 0) is 4.74 Å². The summed E-state index contributed by atoms with van der Waals surface area (Å²) >= 11 is 0. The largest absolute Gasteiger partial charge is 0.492 e. The molecule has 0 bridgehead atoms. The van der Waals surface area contributed by atoms with E-state index in [1.54, 1.807) is 54.4 Å². The Morgan fingerprint density at radius 3 is 2.68 bits per heavy atom. The molecule has 0 radical (unpaired) electrons. The fourth-order valence-corrected chi connectivity index (χ4v) is 2.01. The van der Waals surface area contributed by atoms with Gasteiger partial charge >= 0.3 is 5.97 Å². The monoisotopic (exact) mass is 303 g/mol. The van der Waals surface area contributed by atoms with Crippen molar-refractivity contribution >= 4 is 11.7 Å². The normalized spacial score (nSPS) is 10.1. The van der Waals surface area contributed by atoms with E-state index in [4.69, 9.17) is 4.74 Å². The molecular weight excluding hydrogens is 285 g/mol. The topological polar surface area (TPSA) is 38.8 Å². The summed E-state index contributed by atoms with van der Waals surface area (Å²) < 4.78 is 23.9. The molecule has 116 valence electrons. The molecule has 5 heteroatoms. The van der Waals surface area contributed by atoms with Crippen LogP contribution in [0.4, 0.5) is 10.1 Å². The molecule has 2 aromatic carbocycles. The molecule has 0 fully saturated rings. The average molecular weight is 303 g/mol. The number of anilines is 1. The van der Waals surface area contributed by atoms with Crippen molar-refractivity contribution in [2.75, 3.05) is 32.2 Å². The zero-order valence-corrected chi connectivity index (χ0v) is 12.6. The van der Waals surface area contributed by atoms with Crippen molar-refractivity contribution in [3.8, 4) is 5.75 Å². The molecule has 2 aromatic rings. The molecule has 2 rings (SSSR count). The van der Waals surface area contributed by atoms with Gasteiger partial charge in [-0.2, -0.15) is 0 Å². The SMILES string of the molecule is COC(=O)c1cccc(OCCN(C)c2ccccc2F)c1. The summed E-state index contributed by atoms with van der Waals surface area (Å²) in [5.41, 5.74) is 0.955. The summed E-state index contributed by atoms with van der Waals surface area (Å²) in [4.78, 5) is 13.2. The first-order valence-electron chi connectivity index (χ1n) is 6.88. The fourth-order valence-electron chi connectivity index (χ4n) is 2.01. The highest BCUT2D eigenvalue weighted by Gasteiger charge is 2.08. The van der Waals surface area contributed by atoms with Gasteiger partial charge in [-0.05, 0) is 30.3 Å². The van der Waals surface area contributed by atoms with Crippen molar-refractivity contribution in [2.45, 2.75) is 0 Å². The number of hydrogen-bond donors (Lipinski definition) is 0. The Morgan fingerprint density at radius 2 is 1.95 bits per heavy atom. The maximum absolute atomic E-state index is 13.6. The van der Waals surface area contributed by atoms with Gasteiger partial charge in [-0.25, -0.2) is 9.18 Å². The van der Waals surface area contributed by atoms with Gasteiger partial charge < -0.3 is 14.4 Å². The summed E-state index contributed by atoms with van der Waals surface area (Å²) in [5.74, 6) is -0.101. The molecule has 0 saturated carbocycles. The molecule has 4 nitrogen and oxygen atoms in total. The molecule has 22 heavy (non-hydrogen) atoms. The van der Waals surface area contributed by atoms with Crippen molar-refractivity contribution < 1.29 is 18.7 Å². The predicted molar refractivity (Wildman–Crippen MR) is 82.9 cm³/mol. The second kappa shape index (κ2) is 7.45. The van der Waals surface area contributed by atoms with Crippen LogP contribution >= 0.6 is 0 Å². The van der Waals surface area contributed by atoms with Crippen LogP contribution < -0.4 is 9.64 Å². The van der Waals surface area contributed by atoms with Gasteiger partial charge in [0.15, 0.2) is 0 Å². The molecule has 0 spiro atoms. The van der Waals surface area contributed by atoms with Gasteiger partial charge in [0.25, 0.3) is 0 Å². The number of carbonyl (C=O) groups is 1. The summed E-state index contributed by atoms with van der Waals surface area (Å²) in [6.07, 6.45) is 0. The molecule has 0 saturated heterocycles. The van der Waals surface area contributed by atoms with Crippen LogP contribution in [0.25, 0.3) is 0 Å². The second-order valence-electron chi connectivity index (χ2n) is 4.74. The third-order valence-corrected chi connectivity index (χ3v) is 3.21. The van der Waals surface area contributed by atoms with E-state index in [0.29, 0.717) is 30.2 Å². The lowest BCUT2D eigenvalue weighted by molar-refractivity contribution is 0.0600. The maximum atomic E-state index is 13.6. The van der Waals surface area contributed by atoms with Crippen LogP contribution in [0.5, 0.6) is 5.75 Å². The van der Waals surface area contributed by atoms with Crippen LogP contribution in [0.3, 0.4) is 0 Å². The Kier molecular flexibility index (Phi) is 5.36. The summed E-state index contributed by atoms with van der Waals surface area (Å²) in [6.45, 7) is 0.888. The Bertz CT molecular complexity index is 645. The molecule has 0 heterocycles. The van der Waals surface area contributed by atoms with Gasteiger partial charge in [0, 0.05) is 7.05 Å². The standard InChI is InChI=1S/C17H18FNO3/c1-19(16-9-4-3-8-15(16)18)10-11-22-14-7-5-6-13(12-14)17(20)21-2/h3-9,12H,10-11H2,1-2H3. The molecule has 0 aliphatic heterocycles. The van der Waals surface area contributed by atoms with E-state index in [2.05, 4.69) is 4.74 Å². The van der Waals surface area contributed by atoms with E-state index < -0.39 is 5.97 Å². The highest BCUT2D eigenvalue weighted by atomic mass is 19.1. The number of carbonyl (C=O) groups excluding carboxylic acids is 1. The quantitative estimate of drug-likeness (QED) is 0.769. The van der Waals surface area contributed by atoms with Crippen molar-refractivity contribution in [3.05, 3.63) is 59.9 Å². The number of rotatable bonds is 6. The van der Waals surface area contributed by atoms with E-state index in [1.165, 1.54) is 13.2 Å². The van der Waals surface area contributed by atoms with E-state index >= 15 is 0 Å². The number of ether oxygens (including phenoxy) is 2. The zero-order valence-electron chi connectivity index (χ0n) is 12.6. The molecule has 0 atom stereocenters. The van der Waals surface area contributed by atoms with Crippen molar-refractivity contribution in [1.29, 1.82) is 0 Å². The number of methoxy groups -OCH3 is 1. The van der Waals surface area contributed by atoms with Gasteiger partial charge in [-0.15, -0.1) is 0 Å². The molecule has 0 aliphatic carbocycles. The lowest BCUT2D eigenvalue weighted by Crippen LogP contribution is -2.24. The Balaban J connectivity index is 1.91. The minimum Gasteiger partial charge on any atom is -0.492 e. The second-order valence-corrected chi connectivity index (χ2v) is 4.74. The third-order valence-electron chi connectivity index (χ3n) is 3.21. The predicted octanol–water partition coefficient (Wildman–Crippen LogP) is 3.13. The van der Waals surface area contributed by atoms with E-state index in [-0.39, 0.29) is 5.82 Å². The number of halogens is 1. The maximum Gasteiger partial charge on any atom is 0.337 e. The molecule has 0 aliphatic rings.